The van der Waals surface area contributed by atoms with Gasteiger partial charge < -0.3 is 0 Å². The van der Waals surface area contributed by atoms with E-state index in [0.717, 1.165) is 10.9 Å². The van der Waals surface area contributed by atoms with Crippen LogP contribution >= 0.6 is 27.7 Å². The molecule has 2 aromatic rings. The summed E-state index contributed by atoms with van der Waals surface area (Å²) in [6.07, 6.45) is 0.910. The molecule has 86 valence electrons. The highest BCUT2D eigenvalue weighted by molar-refractivity contribution is 9.10. The van der Waals surface area contributed by atoms with Crippen LogP contribution in [0, 0.1) is 0 Å². The van der Waals surface area contributed by atoms with Crippen LogP contribution in [0.25, 0.3) is 0 Å². The standard InChI is InChI=1S/C15H13BrS/c1-12(17-15-5-3-2-4-6-15)11-13-7-9-14(16)10-8-13/h2-10H,1,11H2. The van der Waals surface area contributed by atoms with Crippen molar-refractivity contribution < 1.29 is 0 Å². The van der Waals surface area contributed by atoms with Crippen LogP contribution in [0.1, 0.15) is 5.56 Å². The highest BCUT2D eigenvalue weighted by Crippen LogP contribution is 2.27. The first kappa shape index (κ1) is 12.5. The van der Waals surface area contributed by atoms with Crippen LogP contribution in [0.3, 0.4) is 0 Å². The molecule has 0 aromatic heterocycles. The van der Waals surface area contributed by atoms with Crippen LogP contribution < -0.4 is 0 Å². The van der Waals surface area contributed by atoms with Crippen LogP contribution in [0.2, 0.25) is 0 Å². The first-order valence-corrected chi connectivity index (χ1v) is 7.00. The highest BCUT2D eigenvalue weighted by Gasteiger charge is 2.00. The third-order valence-electron chi connectivity index (χ3n) is 2.32. The molecule has 17 heavy (non-hydrogen) atoms. The number of allylic oxidation sites excluding steroid dienone is 1. The molecule has 0 amide bonds. The van der Waals surface area contributed by atoms with E-state index >= 15 is 0 Å². The van der Waals surface area contributed by atoms with Crippen molar-refractivity contribution in [2.45, 2.75) is 11.3 Å². The quantitative estimate of drug-likeness (QED) is 0.691. The predicted molar refractivity (Wildman–Crippen MR) is 79.3 cm³/mol. The van der Waals surface area contributed by atoms with E-state index < -0.39 is 0 Å². The van der Waals surface area contributed by atoms with Crippen molar-refractivity contribution in [2.75, 3.05) is 0 Å². The zero-order valence-electron chi connectivity index (χ0n) is 9.40. The van der Waals surface area contributed by atoms with Crippen LogP contribution in [0.15, 0.2) is 75.4 Å². The lowest BCUT2D eigenvalue weighted by Gasteiger charge is -2.05. The molecule has 0 bridgehead atoms. The number of thioether (sulfide) groups is 1. The van der Waals surface area contributed by atoms with Crippen LogP contribution in [-0.2, 0) is 6.42 Å². The average Bonchev–Trinajstić information content (AvgIpc) is 2.33. The summed E-state index contributed by atoms with van der Waals surface area (Å²) in [6, 6.07) is 18.7. The van der Waals surface area contributed by atoms with Crippen molar-refractivity contribution in [2.24, 2.45) is 0 Å². The zero-order valence-corrected chi connectivity index (χ0v) is 11.8. The van der Waals surface area contributed by atoms with E-state index in [1.54, 1.807) is 11.8 Å². The van der Waals surface area contributed by atoms with E-state index in [-0.39, 0.29) is 0 Å². The number of hydrogen-bond acceptors (Lipinski definition) is 1. The van der Waals surface area contributed by atoms with Gasteiger partial charge in [0, 0.05) is 15.8 Å². The first-order chi connectivity index (χ1) is 8.24. The monoisotopic (exact) mass is 304 g/mol. The van der Waals surface area contributed by atoms with Crippen molar-refractivity contribution in [1.29, 1.82) is 0 Å². The second-order valence-corrected chi connectivity index (χ2v) is 5.93. The molecule has 2 rings (SSSR count). The van der Waals surface area contributed by atoms with Gasteiger partial charge in [0.05, 0.1) is 0 Å². The fourth-order valence-corrected chi connectivity index (χ4v) is 2.65. The molecule has 0 spiro atoms. The molecule has 0 aliphatic heterocycles. The van der Waals surface area contributed by atoms with Gasteiger partial charge in [-0.2, -0.15) is 0 Å². The Morgan fingerprint density at radius 3 is 2.29 bits per heavy atom. The summed E-state index contributed by atoms with van der Waals surface area (Å²) in [4.78, 5) is 2.41. The fourth-order valence-electron chi connectivity index (χ4n) is 1.52. The van der Waals surface area contributed by atoms with Crippen molar-refractivity contribution in [3.8, 4) is 0 Å². The van der Waals surface area contributed by atoms with E-state index in [9.17, 15) is 0 Å². The van der Waals surface area contributed by atoms with Crippen molar-refractivity contribution >= 4 is 27.7 Å². The SMILES string of the molecule is C=C(Cc1ccc(Br)cc1)Sc1ccccc1. The van der Waals surface area contributed by atoms with Gasteiger partial charge in [-0.15, -0.1) is 0 Å². The zero-order chi connectivity index (χ0) is 12.1. The van der Waals surface area contributed by atoms with Gasteiger partial charge in [0.25, 0.3) is 0 Å². The third-order valence-corrected chi connectivity index (χ3v) is 3.79. The van der Waals surface area contributed by atoms with Crippen LogP contribution in [-0.4, -0.2) is 0 Å². The minimum Gasteiger partial charge on any atom is -0.0948 e. The molecule has 0 aliphatic carbocycles. The Kier molecular flexibility index (Phi) is 4.46. The maximum Gasteiger partial charge on any atom is 0.0175 e. The van der Waals surface area contributed by atoms with Gasteiger partial charge in [0.1, 0.15) is 0 Å². The molecule has 0 aliphatic rings. The minimum absolute atomic E-state index is 0.910. The van der Waals surface area contributed by atoms with Crippen LogP contribution in [0.4, 0.5) is 0 Å². The molecular weight excluding hydrogens is 292 g/mol. The Morgan fingerprint density at radius 1 is 1.00 bits per heavy atom. The topological polar surface area (TPSA) is 0 Å². The Hall–Kier alpha value is -0.990. The van der Waals surface area contributed by atoms with Gasteiger partial charge in [0.15, 0.2) is 0 Å². The molecule has 0 saturated carbocycles. The molecule has 0 saturated heterocycles. The molecule has 0 N–H and O–H groups in total. The largest absolute Gasteiger partial charge is 0.0948 e. The molecule has 2 aromatic carbocycles. The van der Waals surface area contributed by atoms with Gasteiger partial charge in [-0.05, 0) is 34.7 Å². The van der Waals surface area contributed by atoms with E-state index in [4.69, 9.17) is 0 Å². The Balaban J connectivity index is 1.96. The lowest BCUT2D eigenvalue weighted by Crippen LogP contribution is -1.85. The fraction of sp³-hybridized carbons (Fsp3) is 0.0667. The van der Waals surface area contributed by atoms with E-state index in [0.29, 0.717) is 0 Å². The third kappa shape index (κ3) is 4.06. The van der Waals surface area contributed by atoms with Crippen molar-refractivity contribution in [3.05, 3.63) is 76.1 Å². The van der Waals surface area contributed by atoms with Crippen molar-refractivity contribution in [1.82, 2.24) is 0 Å². The van der Waals surface area contributed by atoms with E-state index in [2.05, 4.69) is 71.0 Å². The highest BCUT2D eigenvalue weighted by atomic mass is 79.9. The predicted octanol–water partition coefficient (Wildman–Crippen LogP) is 5.30. The molecule has 0 unspecified atom stereocenters. The summed E-state index contributed by atoms with van der Waals surface area (Å²) in [7, 11) is 0. The van der Waals surface area contributed by atoms with Gasteiger partial charge >= 0.3 is 0 Å². The molecule has 0 nitrogen and oxygen atoms in total. The molecule has 0 heterocycles. The Bertz CT molecular complexity index is 488. The van der Waals surface area contributed by atoms with E-state index in [1.165, 1.54) is 15.4 Å². The number of rotatable bonds is 4. The number of halogens is 1. The normalized spacial score (nSPS) is 10.2. The van der Waals surface area contributed by atoms with E-state index in [1.807, 2.05) is 6.07 Å². The maximum atomic E-state index is 4.12. The lowest BCUT2D eigenvalue weighted by atomic mass is 10.1. The molecule has 0 atom stereocenters. The van der Waals surface area contributed by atoms with Crippen LogP contribution in [0.5, 0.6) is 0 Å². The molecule has 0 fully saturated rings. The smallest absolute Gasteiger partial charge is 0.0175 e. The molecule has 2 heteroatoms. The van der Waals surface area contributed by atoms with Gasteiger partial charge in [-0.1, -0.05) is 64.6 Å². The summed E-state index contributed by atoms with van der Waals surface area (Å²) >= 11 is 5.17. The summed E-state index contributed by atoms with van der Waals surface area (Å²) in [5.41, 5.74) is 1.29. The minimum atomic E-state index is 0.910. The molecule has 0 radical (unpaired) electrons. The summed E-state index contributed by atoms with van der Waals surface area (Å²) in [6.45, 7) is 4.12. The first-order valence-electron chi connectivity index (χ1n) is 5.39. The second kappa shape index (κ2) is 6.08. The lowest BCUT2D eigenvalue weighted by molar-refractivity contribution is 1.25. The van der Waals surface area contributed by atoms with Gasteiger partial charge in [0.2, 0.25) is 0 Å². The summed E-state index contributed by atoms with van der Waals surface area (Å²) in [5.74, 6) is 0. The summed E-state index contributed by atoms with van der Waals surface area (Å²) < 4.78 is 1.11. The number of hydrogen-bond donors (Lipinski definition) is 0. The average molecular weight is 305 g/mol. The maximum absolute atomic E-state index is 4.12. The number of benzene rings is 2. The Labute approximate surface area is 115 Å². The van der Waals surface area contributed by atoms with Gasteiger partial charge in [-0.3, -0.25) is 0 Å². The van der Waals surface area contributed by atoms with Gasteiger partial charge in [-0.25, -0.2) is 0 Å². The Morgan fingerprint density at radius 2 is 1.65 bits per heavy atom. The summed E-state index contributed by atoms with van der Waals surface area (Å²) in [5, 5.41) is 0. The molecular formula is C15H13BrS. The van der Waals surface area contributed by atoms with Crippen molar-refractivity contribution in [3.63, 3.8) is 0 Å². The second-order valence-electron chi connectivity index (χ2n) is 3.76.